The Hall–Kier alpha value is -1.18. The van der Waals surface area contributed by atoms with Crippen molar-refractivity contribution < 1.29 is 14.0 Å². The molecule has 23 heavy (non-hydrogen) atoms. The number of carbonyl (C=O) groups excluding carboxylic acids is 1. The molecule has 0 radical (unpaired) electrons. The molecule has 0 saturated carbocycles. The summed E-state index contributed by atoms with van der Waals surface area (Å²) in [5, 5.41) is 0.187. The Kier molecular flexibility index (Phi) is 5.03. The van der Waals surface area contributed by atoms with Gasteiger partial charge in [-0.05, 0) is 42.7 Å². The van der Waals surface area contributed by atoms with Gasteiger partial charge in [0.05, 0.1) is 6.10 Å². The molecule has 0 aromatic carbocycles. The Balaban J connectivity index is 2.22. The number of ether oxygens (including phenoxy) is 1. The highest BCUT2D eigenvalue weighted by molar-refractivity contribution is 6.74. The van der Waals surface area contributed by atoms with Gasteiger partial charge in [-0.3, -0.25) is 4.90 Å². The van der Waals surface area contributed by atoms with Crippen LogP contribution in [0.1, 0.15) is 27.7 Å². The summed E-state index contributed by atoms with van der Waals surface area (Å²) in [6, 6.07) is 1.41. The second-order valence-electron chi connectivity index (χ2n) is 7.28. The minimum Gasteiger partial charge on any atom is -0.447 e. The van der Waals surface area contributed by atoms with Crippen LogP contribution < -0.4 is 4.90 Å². The van der Waals surface area contributed by atoms with Crippen LogP contribution >= 0.6 is 11.6 Å². The molecule has 0 bridgehead atoms. The molecule has 1 fully saturated rings. The van der Waals surface area contributed by atoms with Crippen molar-refractivity contribution >= 4 is 31.8 Å². The Morgan fingerprint density at radius 1 is 1.48 bits per heavy atom. The third-order valence-corrected chi connectivity index (χ3v) is 9.35. The van der Waals surface area contributed by atoms with Crippen LogP contribution in [0.15, 0.2) is 12.3 Å². The van der Waals surface area contributed by atoms with E-state index in [1.807, 2.05) is 6.92 Å². The number of aromatic nitrogens is 2. The topological polar surface area (TPSA) is 64.6 Å². The molecule has 1 aromatic heterocycles. The Bertz CT molecular complexity index is 592. The summed E-state index contributed by atoms with van der Waals surface area (Å²) < 4.78 is 11.6. The first-order valence-corrected chi connectivity index (χ1v) is 10.9. The lowest BCUT2D eigenvalue weighted by Gasteiger charge is -2.40. The number of hydrogen-bond donors (Lipinski definition) is 0. The lowest BCUT2D eigenvalue weighted by Crippen LogP contribution is -2.50. The molecule has 0 N–H and O–H groups in total. The van der Waals surface area contributed by atoms with Gasteiger partial charge < -0.3 is 9.16 Å². The number of carbonyl (C=O) groups is 1. The lowest BCUT2D eigenvalue weighted by atomic mass is 10.2. The Labute approximate surface area is 143 Å². The highest BCUT2D eigenvalue weighted by Gasteiger charge is 2.44. The fraction of sp³-hybridized carbons (Fsp3) is 0.667. The number of cyclic esters (lactones) is 1. The van der Waals surface area contributed by atoms with E-state index in [1.54, 1.807) is 6.07 Å². The molecule has 0 aliphatic carbocycles. The number of anilines is 1. The summed E-state index contributed by atoms with van der Waals surface area (Å²) in [4.78, 5) is 21.6. The monoisotopic (exact) mass is 357 g/mol. The summed E-state index contributed by atoms with van der Waals surface area (Å²) in [6.07, 6.45) is 0.915. The molecule has 0 unspecified atom stereocenters. The number of rotatable bonds is 4. The van der Waals surface area contributed by atoms with E-state index in [9.17, 15) is 4.79 Å². The third-order valence-electron chi connectivity index (χ3n) is 4.59. The van der Waals surface area contributed by atoms with E-state index < -0.39 is 14.4 Å². The van der Waals surface area contributed by atoms with Crippen LogP contribution in [-0.4, -0.2) is 43.1 Å². The molecule has 8 heteroatoms. The zero-order valence-corrected chi connectivity index (χ0v) is 16.2. The van der Waals surface area contributed by atoms with Gasteiger partial charge in [-0.25, -0.2) is 14.8 Å². The van der Waals surface area contributed by atoms with Gasteiger partial charge in [0.15, 0.2) is 8.32 Å². The van der Waals surface area contributed by atoms with E-state index in [-0.39, 0.29) is 29.1 Å². The number of amides is 1. The van der Waals surface area contributed by atoms with Gasteiger partial charge in [0.2, 0.25) is 5.28 Å². The fourth-order valence-corrected chi connectivity index (χ4v) is 3.81. The van der Waals surface area contributed by atoms with Crippen molar-refractivity contribution in [2.45, 2.75) is 58.0 Å². The van der Waals surface area contributed by atoms with Gasteiger partial charge in [-0.15, -0.1) is 0 Å². The van der Waals surface area contributed by atoms with Gasteiger partial charge in [-0.1, -0.05) is 20.8 Å². The molecular formula is C15H24ClN3O3Si. The average Bonchev–Trinajstić information content (AvgIpc) is 2.79. The molecule has 1 aromatic rings. The van der Waals surface area contributed by atoms with E-state index in [0.717, 1.165) is 0 Å². The minimum atomic E-state index is -1.95. The van der Waals surface area contributed by atoms with Crippen LogP contribution in [0.5, 0.6) is 0 Å². The molecule has 0 spiro atoms. The van der Waals surface area contributed by atoms with Crippen molar-refractivity contribution in [2.24, 2.45) is 0 Å². The van der Waals surface area contributed by atoms with Gasteiger partial charge in [-0.2, -0.15) is 0 Å². The van der Waals surface area contributed by atoms with Gasteiger partial charge >= 0.3 is 6.09 Å². The van der Waals surface area contributed by atoms with Crippen LogP contribution in [0, 0.1) is 0 Å². The predicted molar refractivity (Wildman–Crippen MR) is 92.4 cm³/mol. The molecule has 1 aliphatic heterocycles. The van der Waals surface area contributed by atoms with E-state index in [2.05, 4.69) is 43.8 Å². The zero-order chi connectivity index (χ0) is 17.4. The standard InChI is InChI=1S/C15H24ClN3O3Si/c1-10(22-23(5,6)15(2,3)4)11-9-21-14(20)19(11)12-7-8-17-13(16)18-12/h7-8,10-11H,9H2,1-6H3/t10-,11-/m1/s1. The summed E-state index contributed by atoms with van der Waals surface area (Å²) in [5.74, 6) is 0.434. The van der Waals surface area contributed by atoms with Crippen molar-refractivity contribution in [1.29, 1.82) is 0 Å². The molecule has 2 atom stereocenters. The van der Waals surface area contributed by atoms with Crippen molar-refractivity contribution in [2.75, 3.05) is 11.5 Å². The number of halogens is 1. The van der Waals surface area contributed by atoms with Crippen molar-refractivity contribution in [3.63, 3.8) is 0 Å². The summed E-state index contributed by atoms with van der Waals surface area (Å²) >= 11 is 5.84. The first kappa shape index (κ1) is 18.2. The normalized spacial score (nSPS) is 20.6. The second-order valence-corrected chi connectivity index (χ2v) is 12.4. The lowest BCUT2D eigenvalue weighted by molar-refractivity contribution is 0.147. The molecular weight excluding hydrogens is 334 g/mol. The maximum absolute atomic E-state index is 12.1. The highest BCUT2D eigenvalue weighted by atomic mass is 35.5. The van der Waals surface area contributed by atoms with Gasteiger partial charge in [0.1, 0.15) is 18.5 Å². The first-order valence-electron chi connectivity index (χ1n) is 7.65. The SMILES string of the molecule is C[C@@H](O[Si](C)(C)C(C)(C)C)[C@H]1COC(=O)N1c1ccnc(Cl)n1. The summed E-state index contributed by atoms with van der Waals surface area (Å²) in [6.45, 7) is 13.2. The molecule has 1 saturated heterocycles. The predicted octanol–water partition coefficient (Wildman–Crippen LogP) is 3.87. The number of hydrogen-bond acceptors (Lipinski definition) is 5. The Morgan fingerprint density at radius 2 is 2.13 bits per heavy atom. The molecule has 2 rings (SSSR count). The molecule has 1 aliphatic rings. The largest absolute Gasteiger partial charge is 0.447 e. The van der Waals surface area contributed by atoms with Crippen LogP contribution in [0.2, 0.25) is 23.4 Å². The van der Waals surface area contributed by atoms with E-state index >= 15 is 0 Å². The van der Waals surface area contributed by atoms with Gasteiger partial charge in [0.25, 0.3) is 0 Å². The van der Waals surface area contributed by atoms with Crippen molar-refractivity contribution in [3.8, 4) is 0 Å². The average molecular weight is 358 g/mol. The minimum absolute atomic E-state index is 0.0911. The van der Waals surface area contributed by atoms with Gasteiger partial charge in [0, 0.05) is 6.20 Å². The van der Waals surface area contributed by atoms with Crippen molar-refractivity contribution in [3.05, 3.63) is 17.5 Å². The van der Waals surface area contributed by atoms with Crippen LogP contribution in [0.25, 0.3) is 0 Å². The molecule has 1 amide bonds. The maximum atomic E-state index is 12.1. The summed E-state index contributed by atoms with van der Waals surface area (Å²) in [5.41, 5.74) is 0. The maximum Gasteiger partial charge on any atom is 0.416 e. The first-order chi connectivity index (χ1) is 10.5. The molecule has 2 heterocycles. The zero-order valence-electron chi connectivity index (χ0n) is 14.5. The van der Waals surface area contributed by atoms with E-state index in [1.165, 1.54) is 11.1 Å². The second kappa shape index (κ2) is 6.37. The van der Waals surface area contributed by atoms with Crippen LogP contribution in [0.3, 0.4) is 0 Å². The molecule has 6 nitrogen and oxygen atoms in total. The van der Waals surface area contributed by atoms with E-state index in [0.29, 0.717) is 5.82 Å². The highest BCUT2D eigenvalue weighted by Crippen LogP contribution is 2.38. The Morgan fingerprint density at radius 3 is 2.70 bits per heavy atom. The summed E-state index contributed by atoms with van der Waals surface area (Å²) in [7, 11) is -1.95. The quantitative estimate of drug-likeness (QED) is 0.604. The number of nitrogens with zero attached hydrogens (tertiary/aromatic N) is 3. The van der Waals surface area contributed by atoms with Crippen LogP contribution in [0.4, 0.5) is 10.6 Å². The van der Waals surface area contributed by atoms with E-state index in [4.69, 9.17) is 20.8 Å². The smallest absolute Gasteiger partial charge is 0.416 e. The third kappa shape index (κ3) is 3.84. The fourth-order valence-electron chi connectivity index (χ4n) is 2.23. The molecule has 128 valence electrons. The van der Waals surface area contributed by atoms with Crippen molar-refractivity contribution in [1.82, 2.24) is 9.97 Å². The van der Waals surface area contributed by atoms with Crippen LogP contribution in [-0.2, 0) is 9.16 Å².